The van der Waals surface area contributed by atoms with Crippen LogP contribution in [0.1, 0.15) is 10.4 Å². The normalized spacial score (nSPS) is 10.1. The average Bonchev–Trinajstić information content (AvgIpc) is 2.38. The second kappa shape index (κ2) is 5.10. The molecule has 4 heteroatoms. The third-order valence-corrected chi connectivity index (χ3v) is 2.93. The van der Waals surface area contributed by atoms with Crippen molar-refractivity contribution in [2.24, 2.45) is 0 Å². The lowest BCUT2D eigenvalue weighted by Gasteiger charge is -2.19. The molecular formula is C14H12ClNO2. The van der Waals surface area contributed by atoms with Gasteiger partial charge in [-0.2, -0.15) is 0 Å². The minimum Gasteiger partial charge on any atom is -0.478 e. The molecule has 0 spiro atoms. The highest BCUT2D eigenvalue weighted by Gasteiger charge is 2.06. The molecule has 0 amide bonds. The Morgan fingerprint density at radius 2 is 1.78 bits per heavy atom. The first kappa shape index (κ1) is 12.5. The molecule has 0 heterocycles. The number of hydrogen-bond donors (Lipinski definition) is 1. The molecule has 1 N–H and O–H groups in total. The summed E-state index contributed by atoms with van der Waals surface area (Å²) in [5.74, 6) is -0.924. The summed E-state index contributed by atoms with van der Waals surface area (Å²) in [6.07, 6.45) is 0. The lowest BCUT2D eigenvalue weighted by atomic mass is 10.2. The van der Waals surface area contributed by atoms with Crippen LogP contribution in [0.2, 0.25) is 5.02 Å². The Bertz CT molecular complexity index is 566. The molecule has 2 aromatic carbocycles. The highest BCUT2D eigenvalue weighted by atomic mass is 35.5. The molecule has 0 radical (unpaired) electrons. The lowest BCUT2D eigenvalue weighted by molar-refractivity contribution is 0.0697. The van der Waals surface area contributed by atoms with Gasteiger partial charge in [0.15, 0.2) is 0 Å². The highest BCUT2D eigenvalue weighted by Crippen LogP contribution is 2.25. The van der Waals surface area contributed by atoms with Crippen molar-refractivity contribution in [3.05, 3.63) is 59.1 Å². The predicted molar refractivity (Wildman–Crippen MR) is 72.9 cm³/mol. The van der Waals surface area contributed by atoms with Gasteiger partial charge in [0, 0.05) is 23.4 Å². The quantitative estimate of drug-likeness (QED) is 0.913. The molecule has 2 aromatic rings. The highest BCUT2D eigenvalue weighted by molar-refractivity contribution is 6.30. The van der Waals surface area contributed by atoms with Crippen LogP contribution in [0.4, 0.5) is 11.4 Å². The Hall–Kier alpha value is -2.00. The van der Waals surface area contributed by atoms with Crippen LogP contribution in [0.15, 0.2) is 48.5 Å². The minimum absolute atomic E-state index is 0.276. The van der Waals surface area contributed by atoms with E-state index in [0.29, 0.717) is 5.02 Å². The molecule has 3 nitrogen and oxygen atoms in total. The number of carboxylic acid groups (broad SMARTS) is 1. The summed E-state index contributed by atoms with van der Waals surface area (Å²) in [6, 6.07) is 14.2. The zero-order valence-electron chi connectivity index (χ0n) is 9.80. The Kier molecular flexibility index (Phi) is 3.53. The molecule has 0 aliphatic carbocycles. The fourth-order valence-electron chi connectivity index (χ4n) is 1.66. The molecule has 0 bridgehead atoms. The van der Waals surface area contributed by atoms with Crippen LogP contribution in [-0.4, -0.2) is 18.1 Å². The molecule has 2 rings (SSSR count). The molecular weight excluding hydrogens is 250 g/mol. The number of carbonyl (C=O) groups is 1. The van der Waals surface area contributed by atoms with Gasteiger partial charge < -0.3 is 10.0 Å². The maximum Gasteiger partial charge on any atom is 0.335 e. The first-order valence-corrected chi connectivity index (χ1v) is 5.78. The number of hydrogen-bond acceptors (Lipinski definition) is 2. The lowest BCUT2D eigenvalue weighted by Crippen LogP contribution is -2.09. The largest absolute Gasteiger partial charge is 0.478 e. The fraction of sp³-hybridized carbons (Fsp3) is 0.0714. The second-order valence-corrected chi connectivity index (χ2v) is 4.33. The summed E-state index contributed by atoms with van der Waals surface area (Å²) < 4.78 is 0. The van der Waals surface area contributed by atoms with Crippen LogP contribution in [-0.2, 0) is 0 Å². The van der Waals surface area contributed by atoms with Gasteiger partial charge in [-0.15, -0.1) is 0 Å². The Morgan fingerprint density at radius 3 is 2.33 bits per heavy atom. The molecule has 0 aliphatic rings. The van der Waals surface area contributed by atoms with E-state index >= 15 is 0 Å². The number of anilines is 2. The van der Waals surface area contributed by atoms with Crippen molar-refractivity contribution in [3.8, 4) is 0 Å². The maximum absolute atomic E-state index is 10.8. The van der Waals surface area contributed by atoms with Crippen LogP contribution in [0.25, 0.3) is 0 Å². The van der Waals surface area contributed by atoms with E-state index in [9.17, 15) is 4.79 Å². The molecule has 0 unspecified atom stereocenters. The van der Waals surface area contributed by atoms with Gasteiger partial charge in [-0.1, -0.05) is 17.7 Å². The fourth-order valence-corrected chi connectivity index (χ4v) is 1.85. The third kappa shape index (κ3) is 2.63. The monoisotopic (exact) mass is 261 g/mol. The first-order chi connectivity index (χ1) is 8.58. The molecule has 0 aliphatic heterocycles. The summed E-state index contributed by atoms with van der Waals surface area (Å²) in [5, 5.41) is 9.50. The number of benzene rings is 2. The zero-order valence-corrected chi connectivity index (χ0v) is 10.6. The van der Waals surface area contributed by atoms with Crippen LogP contribution in [0.5, 0.6) is 0 Å². The van der Waals surface area contributed by atoms with Crippen LogP contribution >= 0.6 is 11.6 Å². The Labute approximate surface area is 110 Å². The van der Waals surface area contributed by atoms with Crippen molar-refractivity contribution < 1.29 is 9.90 Å². The van der Waals surface area contributed by atoms with Gasteiger partial charge >= 0.3 is 5.97 Å². The van der Waals surface area contributed by atoms with E-state index in [0.717, 1.165) is 11.4 Å². The molecule has 0 fully saturated rings. The molecule has 92 valence electrons. The average molecular weight is 262 g/mol. The minimum atomic E-state index is -0.924. The van der Waals surface area contributed by atoms with E-state index in [1.165, 1.54) is 0 Å². The van der Waals surface area contributed by atoms with Crippen LogP contribution in [0, 0.1) is 0 Å². The molecule has 0 saturated carbocycles. The Morgan fingerprint density at radius 1 is 1.11 bits per heavy atom. The predicted octanol–water partition coefficient (Wildman–Crippen LogP) is 3.81. The smallest absolute Gasteiger partial charge is 0.335 e. The van der Waals surface area contributed by atoms with Gasteiger partial charge in [0.2, 0.25) is 0 Å². The van der Waals surface area contributed by atoms with Crippen molar-refractivity contribution in [2.75, 3.05) is 11.9 Å². The van der Waals surface area contributed by atoms with Crippen LogP contribution < -0.4 is 4.90 Å². The molecule has 0 atom stereocenters. The zero-order chi connectivity index (χ0) is 13.1. The van der Waals surface area contributed by atoms with E-state index in [2.05, 4.69) is 0 Å². The summed E-state index contributed by atoms with van der Waals surface area (Å²) in [5.41, 5.74) is 2.13. The number of carboxylic acids is 1. The van der Waals surface area contributed by atoms with Crippen molar-refractivity contribution in [3.63, 3.8) is 0 Å². The van der Waals surface area contributed by atoms with Gasteiger partial charge in [0.05, 0.1) is 5.56 Å². The van der Waals surface area contributed by atoms with Crippen molar-refractivity contribution >= 4 is 28.9 Å². The maximum atomic E-state index is 10.8. The molecule has 18 heavy (non-hydrogen) atoms. The third-order valence-electron chi connectivity index (χ3n) is 2.70. The van der Waals surface area contributed by atoms with Gasteiger partial charge in [-0.3, -0.25) is 0 Å². The van der Waals surface area contributed by atoms with E-state index < -0.39 is 5.97 Å². The first-order valence-electron chi connectivity index (χ1n) is 5.40. The standard InChI is InChI=1S/C14H12ClNO2/c1-16(13-4-2-3-11(15)9-13)12-7-5-10(6-8-12)14(17)18/h2-9H,1H3,(H,17,18). The van der Waals surface area contributed by atoms with Gasteiger partial charge in [-0.25, -0.2) is 4.79 Å². The van der Waals surface area contributed by atoms with E-state index in [1.807, 2.05) is 36.2 Å². The number of nitrogens with zero attached hydrogens (tertiary/aromatic N) is 1. The topological polar surface area (TPSA) is 40.5 Å². The van der Waals surface area contributed by atoms with Crippen LogP contribution in [0.3, 0.4) is 0 Å². The van der Waals surface area contributed by atoms with Gasteiger partial charge in [0.25, 0.3) is 0 Å². The number of rotatable bonds is 3. The van der Waals surface area contributed by atoms with E-state index in [-0.39, 0.29) is 5.56 Å². The molecule has 0 aromatic heterocycles. The summed E-state index contributed by atoms with van der Waals surface area (Å²) in [7, 11) is 1.90. The van der Waals surface area contributed by atoms with Gasteiger partial charge in [-0.05, 0) is 42.5 Å². The number of aromatic carboxylic acids is 1. The number of halogens is 1. The summed E-state index contributed by atoms with van der Waals surface area (Å²) in [6.45, 7) is 0. The van der Waals surface area contributed by atoms with Crippen molar-refractivity contribution in [1.29, 1.82) is 0 Å². The van der Waals surface area contributed by atoms with E-state index in [4.69, 9.17) is 16.7 Å². The summed E-state index contributed by atoms with van der Waals surface area (Å²) in [4.78, 5) is 12.7. The van der Waals surface area contributed by atoms with E-state index in [1.54, 1.807) is 24.3 Å². The Balaban J connectivity index is 2.28. The SMILES string of the molecule is CN(c1ccc(C(=O)O)cc1)c1cccc(Cl)c1. The summed E-state index contributed by atoms with van der Waals surface area (Å²) >= 11 is 5.94. The molecule has 0 saturated heterocycles. The van der Waals surface area contributed by atoms with Gasteiger partial charge in [0.1, 0.15) is 0 Å². The van der Waals surface area contributed by atoms with Crippen molar-refractivity contribution in [2.45, 2.75) is 0 Å². The second-order valence-electron chi connectivity index (χ2n) is 3.89. The van der Waals surface area contributed by atoms with Crippen molar-refractivity contribution in [1.82, 2.24) is 0 Å².